The third-order valence-electron chi connectivity index (χ3n) is 1.97. The fourth-order valence-corrected chi connectivity index (χ4v) is 1.29. The van der Waals surface area contributed by atoms with Crippen molar-refractivity contribution in [2.24, 2.45) is 5.92 Å². The van der Waals surface area contributed by atoms with Crippen LogP contribution >= 0.6 is 0 Å². The number of aromatic nitrogens is 2. The molecule has 0 aliphatic rings. The minimum atomic E-state index is -0.294. The number of aromatic hydroxyl groups is 1. The van der Waals surface area contributed by atoms with Gasteiger partial charge in [-0.1, -0.05) is 20.3 Å². The number of hydrogen-bond acceptors (Lipinski definition) is 3. The number of aryl methyl sites for hydroxylation is 1. The number of nitrogens with one attached hydrogen (secondary N) is 1. The molecule has 1 rings (SSSR count). The maximum atomic E-state index is 11.0. The highest BCUT2D eigenvalue weighted by Crippen LogP contribution is 2.07. The second kappa shape index (κ2) is 4.79. The van der Waals surface area contributed by atoms with Crippen LogP contribution < -0.4 is 5.56 Å². The zero-order valence-corrected chi connectivity index (χ0v) is 8.58. The fraction of sp³-hybridized carbons (Fsp3) is 0.600. The molecule has 4 nitrogen and oxygen atoms in total. The third-order valence-corrected chi connectivity index (χ3v) is 1.97. The quantitative estimate of drug-likeness (QED) is 0.766. The zero-order valence-electron chi connectivity index (χ0n) is 8.58. The molecule has 14 heavy (non-hydrogen) atoms. The van der Waals surface area contributed by atoms with E-state index in [2.05, 4.69) is 23.8 Å². The largest absolute Gasteiger partial charge is 0.493 e. The van der Waals surface area contributed by atoms with E-state index in [1.165, 1.54) is 0 Å². The van der Waals surface area contributed by atoms with Crippen molar-refractivity contribution < 1.29 is 5.11 Å². The molecule has 0 atom stereocenters. The summed E-state index contributed by atoms with van der Waals surface area (Å²) >= 11 is 0. The molecule has 0 aromatic carbocycles. The molecule has 0 bridgehead atoms. The van der Waals surface area contributed by atoms with E-state index in [0.717, 1.165) is 18.9 Å². The zero-order chi connectivity index (χ0) is 10.6. The molecule has 0 saturated heterocycles. The monoisotopic (exact) mass is 196 g/mol. The van der Waals surface area contributed by atoms with Crippen LogP contribution in [-0.4, -0.2) is 15.1 Å². The lowest BCUT2D eigenvalue weighted by Gasteiger charge is -2.03. The first-order chi connectivity index (χ1) is 6.58. The Morgan fingerprint density at radius 2 is 2.29 bits per heavy atom. The van der Waals surface area contributed by atoms with Gasteiger partial charge in [0.05, 0.1) is 6.07 Å². The molecule has 1 aromatic heterocycles. The summed E-state index contributed by atoms with van der Waals surface area (Å²) in [5.41, 5.74) is -0.294. The van der Waals surface area contributed by atoms with Crippen molar-refractivity contribution >= 4 is 0 Å². The standard InChI is InChI=1S/C10H16N2O2/c1-7(2)4-3-5-8-11-9(13)6-10(14)12-8/h6-7H,3-5H2,1-2H3,(H2,11,12,13,14). The smallest absolute Gasteiger partial charge is 0.254 e. The summed E-state index contributed by atoms with van der Waals surface area (Å²) in [4.78, 5) is 17.4. The highest BCUT2D eigenvalue weighted by molar-refractivity contribution is 5.06. The van der Waals surface area contributed by atoms with Gasteiger partial charge in [0.1, 0.15) is 5.82 Å². The number of hydrogen-bond donors (Lipinski definition) is 2. The normalized spacial score (nSPS) is 10.8. The van der Waals surface area contributed by atoms with Crippen LogP contribution in [0.3, 0.4) is 0 Å². The maximum absolute atomic E-state index is 11.0. The van der Waals surface area contributed by atoms with Gasteiger partial charge in [-0.3, -0.25) is 4.79 Å². The van der Waals surface area contributed by atoms with Crippen molar-refractivity contribution in [2.75, 3.05) is 0 Å². The Kier molecular flexibility index (Phi) is 3.68. The topological polar surface area (TPSA) is 66.0 Å². The Balaban J connectivity index is 2.55. The predicted octanol–water partition coefficient (Wildman–Crippen LogP) is 1.45. The summed E-state index contributed by atoms with van der Waals surface area (Å²) in [6, 6.07) is 1.08. The van der Waals surface area contributed by atoms with Gasteiger partial charge in [-0.15, -0.1) is 0 Å². The molecular weight excluding hydrogens is 180 g/mol. The Labute approximate surface area is 83.0 Å². The van der Waals surface area contributed by atoms with Crippen molar-refractivity contribution in [3.8, 4) is 5.88 Å². The van der Waals surface area contributed by atoms with Crippen molar-refractivity contribution in [1.82, 2.24) is 9.97 Å². The molecule has 78 valence electrons. The van der Waals surface area contributed by atoms with E-state index < -0.39 is 0 Å². The summed E-state index contributed by atoms with van der Waals surface area (Å²) in [6.45, 7) is 4.30. The van der Waals surface area contributed by atoms with E-state index in [4.69, 9.17) is 5.11 Å². The lowest BCUT2D eigenvalue weighted by molar-refractivity contribution is 0.446. The number of rotatable bonds is 4. The average molecular weight is 196 g/mol. The molecule has 0 aliphatic heterocycles. The highest BCUT2D eigenvalue weighted by Gasteiger charge is 2.00. The van der Waals surface area contributed by atoms with Crippen LogP contribution in [-0.2, 0) is 6.42 Å². The molecule has 0 spiro atoms. The number of nitrogens with zero attached hydrogens (tertiary/aromatic N) is 1. The van der Waals surface area contributed by atoms with E-state index in [1.807, 2.05) is 0 Å². The molecule has 0 aliphatic carbocycles. The van der Waals surface area contributed by atoms with Crippen LogP contribution in [0.4, 0.5) is 0 Å². The van der Waals surface area contributed by atoms with Crippen molar-refractivity contribution in [1.29, 1.82) is 0 Å². The summed E-state index contributed by atoms with van der Waals surface area (Å²) in [6.07, 6.45) is 2.78. The second-order valence-corrected chi connectivity index (χ2v) is 3.84. The Morgan fingerprint density at radius 3 is 2.86 bits per heavy atom. The van der Waals surface area contributed by atoms with Gasteiger partial charge in [0.15, 0.2) is 0 Å². The second-order valence-electron chi connectivity index (χ2n) is 3.84. The number of aromatic amines is 1. The van der Waals surface area contributed by atoms with Gasteiger partial charge < -0.3 is 10.1 Å². The Hall–Kier alpha value is -1.32. The molecule has 0 radical (unpaired) electrons. The van der Waals surface area contributed by atoms with Gasteiger partial charge in [-0.25, -0.2) is 4.98 Å². The molecule has 0 unspecified atom stereocenters. The lowest BCUT2D eigenvalue weighted by Crippen LogP contribution is -2.09. The van der Waals surface area contributed by atoms with E-state index in [-0.39, 0.29) is 11.4 Å². The van der Waals surface area contributed by atoms with Gasteiger partial charge in [0.2, 0.25) is 5.88 Å². The molecule has 0 fully saturated rings. The molecule has 0 amide bonds. The first kappa shape index (κ1) is 10.8. The van der Waals surface area contributed by atoms with Crippen LogP contribution in [0.15, 0.2) is 10.9 Å². The van der Waals surface area contributed by atoms with E-state index in [0.29, 0.717) is 18.2 Å². The summed E-state index contributed by atoms with van der Waals surface area (Å²) in [5, 5.41) is 9.07. The van der Waals surface area contributed by atoms with Crippen molar-refractivity contribution in [2.45, 2.75) is 33.1 Å². The molecule has 0 saturated carbocycles. The van der Waals surface area contributed by atoms with Gasteiger partial charge in [-0.2, -0.15) is 0 Å². The molecule has 1 heterocycles. The van der Waals surface area contributed by atoms with Crippen molar-refractivity contribution in [3.05, 3.63) is 22.2 Å². The van der Waals surface area contributed by atoms with E-state index in [1.54, 1.807) is 0 Å². The minimum Gasteiger partial charge on any atom is -0.493 e. The Morgan fingerprint density at radius 1 is 1.57 bits per heavy atom. The fourth-order valence-electron chi connectivity index (χ4n) is 1.29. The first-order valence-electron chi connectivity index (χ1n) is 4.87. The van der Waals surface area contributed by atoms with Gasteiger partial charge in [0, 0.05) is 6.42 Å². The molecule has 1 aromatic rings. The van der Waals surface area contributed by atoms with Crippen LogP contribution in [0.25, 0.3) is 0 Å². The van der Waals surface area contributed by atoms with E-state index >= 15 is 0 Å². The SMILES string of the molecule is CC(C)CCCc1nc(O)cc(=O)[nH]1. The van der Waals surface area contributed by atoms with Crippen molar-refractivity contribution in [3.63, 3.8) is 0 Å². The minimum absolute atomic E-state index is 0.201. The maximum Gasteiger partial charge on any atom is 0.254 e. The van der Waals surface area contributed by atoms with Crippen LogP contribution in [0.5, 0.6) is 5.88 Å². The summed E-state index contributed by atoms with van der Waals surface area (Å²) in [7, 11) is 0. The van der Waals surface area contributed by atoms with Gasteiger partial charge in [-0.05, 0) is 12.3 Å². The molecule has 2 N–H and O–H groups in total. The highest BCUT2D eigenvalue weighted by atomic mass is 16.3. The summed E-state index contributed by atoms with van der Waals surface area (Å²) < 4.78 is 0. The van der Waals surface area contributed by atoms with Crippen LogP contribution in [0.1, 0.15) is 32.5 Å². The lowest BCUT2D eigenvalue weighted by atomic mass is 10.1. The van der Waals surface area contributed by atoms with E-state index in [9.17, 15) is 4.79 Å². The third kappa shape index (κ3) is 3.60. The molecule has 4 heteroatoms. The first-order valence-corrected chi connectivity index (χ1v) is 4.87. The van der Waals surface area contributed by atoms with Crippen LogP contribution in [0.2, 0.25) is 0 Å². The van der Waals surface area contributed by atoms with Crippen LogP contribution in [0, 0.1) is 5.92 Å². The van der Waals surface area contributed by atoms with Gasteiger partial charge >= 0.3 is 0 Å². The predicted molar refractivity (Wildman–Crippen MR) is 54.3 cm³/mol. The Bertz CT molecular complexity index is 344. The molecular formula is C10H16N2O2. The summed E-state index contributed by atoms with van der Waals surface area (Å²) in [5.74, 6) is 1.02. The average Bonchev–Trinajstić information content (AvgIpc) is 2.01. The number of H-pyrrole nitrogens is 1. The van der Waals surface area contributed by atoms with Gasteiger partial charge in [0.25, 0.3) is 5.56 Å².